The zero-order valence-corrected chi connectivity index (χ0v) is 8.20. The quantitative estimate of drug-likeness (QED) is 0.570. The van der Waals surface area contributed by atoms with Crippen molar-refractivity contribution in [3.8, 4) is 0 Å². The van der Waals surface area contributed by atoms with Crippen LogP contribution in [0.3, 0.4) is 0 Å². The minimum atomic E-state index is -3.55. The van der Waals surface area contributed by atoms with Crippen LogP contribution in [-0.4, -0.2) is 13.4 Å². The van der Waals surface area contributed by atoms with Gasteiger partial charge in [-0.05, 0) is 6.07 Å². The van der Waals surface area contributed by atoms with Crippen LogP contribution < -0.4 is 0 Å². The van der Waals surface area contributed by atoms with Gasteiger partial charge in [-0.15, -0.1) is 0 Å². The summed E-state index contributed by atoms with van der Waals surface area (Å²) in [7, 11) is 1.47. The van der Waals surface area contributed by atoms with Crippen LogP contribution >= 0.6 is 22.3 Å². The van der Waals surface area contributed by atoms with Crippen LogP contribution in [-0.2, 0) is 14.8 Å². The van der Waals surface area contributed by atoms with Gasteiger partial charge in [-0.25, -0.2) is 13.4 Å². The fourth-order valence-electron chi connectivity index (χ4n) is 0.713. The zero-order valence-electron chi connectivity index (χ0n) is 5.87. The molecule has 0 amide bonds. The van der Waals surface area contributed by atoms with Crippen LogP contribution in [0.15, 0.2) is 18.3 Å². The molecule has 0 bridgehead atoms. The van der Waals surface area contributed by atoms with Crippen molar-refractivity contribution < 1.29 is 8.42 Å². The van der Waals surface area contributed by atoms with E-state index in [1.165, 1.54) is 6.20 Å². The van der Waals surface area contributed by atoms with Gasteiger partial charge in [0.05, 0.1) is 5.75 Å². The lowest BCUT2D eigenvalue weighted by atomic mass is 10.3. The van der Waals surface area contributed by atoms with Crippen LogP contribution in [0.4, 0.5) is 0 Å². The van der Waals surface area contributed by atoms with Crippen LogP contribution in [0.25, 0.3) is 0 Å². The lowest BCUT2D eigenvalue weighted by molar-refractivity contribution is 0.609. The molecule has 0 aliphatic heterocycles. The first-order valence-electron chi connectivity index (χ1n) is 3.01. The third-order valence-corrected chi connectivity index (χ3v) is 2.49. The second-order valence-corrected chi connectivity index (χ2v) is 5.27. The van der Waals surface area contributed by atoms with E-state index < -0.39 is 9.05 Å². The molecule has 1 aromatic heterocycles. The Morgan fingerprint density at radius 2 is 2.17 bits per heavy atom. The molecule has 1 heterocycles. The molecule has 12 heavy (non-hydrogen) atoms. The molecular weight excluding hydrogens is 221 g/mol. The van der Waals surface area contributed by atoms with Crippen molar-refractivity contribution in [2.24, 2.45) is 0 Å². The topological polar surface area (TPSA) is 47.0 Å². The number of aromatic nitrogens is 1. The van der Waals surface area contributed by atoms with Crippen LogP contribution in [0.2, 0.25) is 5.15 Å². The second kappa shape index (κ2) is 3.60. The Balaban J connectivity index is 2.98. The smallest absolute Gasteiger partial charge is 0.236 e. The van der Waals surface area contributed by atoms with E-state index in [1.54, 1.807) is 12.1 Å². The first-order chi connectivity index (χ1) is 5.49. The standard InChI is InChI=1S/C6H5Cl2NO2S/c7-6-5(2-1-3-9-6)4-12(8,10)11/h1-3H,4H2. The maximum absolute atomic E-state index is 10.6. The van der Waals surface area contributed by atoms with E-state index in [4.69, 9.17) is 22.3 Å². The SMILES string of the molecule is O=S(=O)(Cl)Cc1cccnc1Cl. The average molecular weight is 226 g/mol. The highest BCUT2D eigenvalue weighted by Gasteiger charge is 2.09. The molecule has 0 aromatic carbocycles. The van der Waals surface area contributed by atoms with Crippen molar-refractivity contribution in [3.05, 3.63) is 29.0 Å². The van der Waals surface area contributed by atoms with Gasteiger partial charge in [-0.1, -0.05) is 17.7 Å². The Hall–Kier alpha value is -0.320. The Kier molecular flexibility index (Phi) is 2.93. The molecule has 0 unspecified atom stereocenters. The summed E-state index contributed by atoms with van der Waals surface area (Å²) in [5.74, 6) is -0.290. The monoisotopic (exact) mass is 225 g/mol. The summed E-state index contributed by atoms with van der Waals surface area (Å²) in [6.07, 6.45) is 1.48. The number of hydrogen-bond donors (Lipinski definition) is 0. The third-order valence-electron chi connectivity index (χ3n) is 1.16. The summed E-state index contributed by atoms with van der Waals surface area (Å²) in [5, 5.41) is 0.168. The van der Waals surface area contributed by atoms with Crippen LogP contribution in [0.5, 0.6) is 0 Å². The van der Waals surface area contributed by atoms with Gasteiger partial charge < -0.3 is 0 Å². The first-order valence-corrected chi connectivity index (χ1v) is 5.86. The summed E-state index contributed by atoms with van der Waals surface area (Å²) >= 11 is 5.60. The molecule has 0 saturated heterocycles. The minimum absolute atomic E-state index is 0.168. The van der Waals surface area contributed by atoms with E-state index in [9.17, 15) is 8.42 Å². The van der Waals surface area contributed by atoms with Gasteiger partial charge in [-0.3, -0.25) is 0 Å². The lowest BCUT2D eigenvalue weighted by Gasteiger charge is -1.98. The molecule has 0 fully saturated rings. The largest absolute Gasteiger partial charge is 0.244 e. The summed E-state index contributed by atoms with van der Waals surface area (Å²) in [5.41, 5.74) is 0.411. The molecule has 3 nitrogen and oxygen atoms in total. The molecule has 0 aliphatic carbocycles. The van der Waals surface area contributed by atoms with E-state index >= 15 is 0 Å². The van der Waals surface area contributed by atoms with Crippen molar-refractivity contribution in [1.29, 1.82) is 0 Å². The van der Waals surface area contributed by atoms with Crippen molar-refractivity contribution in [2.45, 2.75) is 5.75 Å². The molecule has 0 aliphatic rings. The van der Waals surface area contributed by atoms with Gasteiger partial charge in [-0.2, -0.15) is 0 Å². The molecule has 1 rings (SSSR count). The second-order valence-electron chi connectivity index (χ2n) is 2.14. The summed E-state index contributed by atoms with van der Waals surface area (Å²) in [4.78, 5) is 3.71. The molecule has 6 heteroatoms. The summed E-state index contributed by atoms with van der Waals surface area (Å²) in [6.45, 7) is 0. The maximum Gasteiger partial charge on any atom is 0.236 e. The summed E-state index contributed by atoms with van der Waals surface area (Å²) < 4.78 is 21.3. The predicted octanol–water partition coefficient (Wildman–Crippen LogP) is 1.80. The van der Waals surface area contributed by atoms with E-state index in [1.807, 2.05) is 0 Å². The molecule has 66 valence electrons. The van der Waals surface area contributed by atoms with Crippen molar-refractivity contribution >= 4 is 31.3 Å². The first kappa shape index (κ1) is 9.77. The average Bonchev–Trinajstić information content (AvgIpc) is 1.91. The van der Waals surface area contributed by atoms with Gasteiger partial charge in [0.2, 0.25) is 9.05 Å². The van der Waals surface area contributed by atoms with Gasteiger partial charge in [0.25, 0.3) is 0 Å². The fraction of sp³-hybridized carbons (Fsp3) is 0.167. The predicted molar refractivity (Wildman–Crippen MR) is 47.7 cm³/mol. The number of pyridine rings is 1. The molecular formula is C6H5Cl2NO2S. The summed E-state index contributed by atoms with van der Waals surface area (Å²) in [6, 6.07) is 3.17. The highest BCUT2D eigenvalue weighted by atomic mass is 35.7. The third kappa shape index (κ3) is 2.97. The highest BCUT2D eigenvalue weighted by molar-refractivity contribution is 8.13. The lowest BCUT2D eigenvalue weighted by Crippen LogP contribution is -1.96. The Morgan fingerprint density at radius 1 is 1.50 bits per heavy atom. The molecule has 0 spiro atoms. The number of hydrogen-bond acceptors (Lipinski definition) is 3. The number of nitrogens with zero attached hydrogens (tertiary/aromatic N) is 1. The van der Waals surface area contributed by atoms with E-state index in [0.717, 1.165) is 0 Å². The molecule has 0 atom stereocenters. The Bertz CT molecular complexity index is 377. The Morgan fingerprint density at radius 3 is 2.67 bits per heavy atom. The Labute approximate surface area is 79.8 Å². The van der Waals surface area contributed by atoms with E-state index in [2.05, 4.69) is 4.98 Å². The molecule has 0 saturated carbocycles. The van der Waals surface area contributed by atoms with Crippen molar-refractivity contribution in [2.75, 3.05) is 0 Å². The molecule has 0 N–H and O–H groups in total. The van der Waals surface area contributed by atoms with E-state index in [-0.39, 0.29) is 10.9 Å². The van der Waals surface area contributed by atoms with Gasteiger partial charge in [0, 0.05) is 22.4 Å². The van der Waals surface area contributed by atoms with Crippen LogP contribution in [0.1, 0.15) is 5.56 Å². The zero-order chi connectivity index (χ0) is 9.19. The fourth-order valence-corrected chi connectivity index (χ4v) is 1.94. The molecule has 0 radical (unpaired) electrons. The minimum Gasteiger partial charge on any atom is -0.244 e. The number of rotatable bonds is 2. The van der Waals surface area contributed by atoms with Gasteiger partial charge in [0.15, 0.2) is 0 Å². The van der Waals surface area contributed by atoms with Crippen molar-refractivity contribution in [3.63, 3.8) is 0 Å². The van der Waals surface area contributed by atoms with Crippen molar-refractivity contribution in [1.82, 2.24) is 4.98 Å². The van der Waals surface area contributed by atoms with Gasteiger partial charge in [0.1, 0.15) is 5.15 Å². The van der Waals surface area contributed by atoms with Gasteiger partial charge >= 0.3 is 0 Å². The molecule has 1 aromatic rings. The van der Waals surface area contributed by atoms with E-state index in [0.29, 0.717) is 5.56 Å². The normalized spacial score (nSPS) is 11.5. The number of halogens is 2. The highest BCUT2D eigenvalue weighted by Crippen LogP contribution is 2.16. The van der Waals surface area contributed by atoms with Crippen LogP contribution in [0, 0.1) is 0 Å². The maximum atomic E-state index is 10.6.